The Bertz CT molecular complexity index is 925. The van der Waals surface area contributed by atoms with Crippen LogP contribution in [0.5, 0.6) is 0 Å². The number of rotatable bonds is 6. The minimum absolute atomic E-state index is 0. The van der Waals surface area contributed by atoms with Gasteiger partial charge >= 0.3 is 0 Å². The zero-order valence-electron chi connectivity index (χ0n) is 17.2. The first-order valence-corrected chi connectivity index (χ1v) is 11.5. The number of halogens is 1. The van der Waals surface area contributed by atoms with E-state index in [0.717, 1.165) is 50.4 Å². The second-order valence-electron chi connectivity index (χ2n) is 7.47. The number of benzene rings is 1. The van der Waals surface area contributed by atoms with E-state index in [0.29, 0.717) is 10.8 Å². The van der Waals surface area contributed by atoms with Gasteiger partial charge < -0.3 is 10.2 Å². The lowest BCUT2D eigenvalue weighted by atomic mass is 10.0. The molecule has 3 rings (SSSR count). The Morgan fingerprint density at radius 2 is 2.00 bits per heavy atom. The standard InChI is InChI=1S/C20H29N5O2S.HI/c1-21-20(22-10-8-16-4-6-19(7-5-16)28(3,26)27)25-11-9-17(15-25)12-18-13-23-24(2)14-18;/h4-7,13-14,17H,8-12,15H2,1-3H3,(H,21,22);1H. The second kappa shape index (κ2) is 10.4. The molecule has 0 spiro atoms. The van der Waals surface area contributed by atoms with Crippen LogP contribution in [0.1, 0.15) is 17.5 Å². The van der Waals surface area contributed by atoms with E-state index in [1.54, 1.807) is 12.1 Å². The Morgan fingerprint density at radius 3 is 2.59 bits per heavy atom. The summed E-state index contributed by atoms with van der Waals surface area (Å²) in [7, 11) is 0.625. The number of hydrogen-bond acceptors (Lipinski definition) is 4. The van der Waals surface area contributed by atoms with Crippen LogP contribution < -0.4 is 5.32 Å². The van der Waals surface area contributed by atoms with Crippen molar-refractivity contribution in [2.45, 2.75) is 24.2 Å². The zero-order chi connectivity index (χ0) is 20.1. The van der Waals surface area contributed by atoms with Gasteiger partial charge in [-0.15, -0.1) is 24.0 Å². The summed E-state index contributed by atoms with van der Waals surface area (Å²) in [5, 5.41) is 7.69. The molecule has 0 bridgehead atoms. The predicted molar refractivity (Wildman–Crippen MR) is 127 cm³/mol. The van der Waals surface area contributed by atoms with Gasteiger partial charge in [0.2, 0.25) is 0 Å². The average molecular weight is 531 g/mol. The van der Waals surface area contributed by atoms with Gasteiger partial charge in [-0.1, -0.05) is 12.1 Å². The maximum absolute atomic E-state index is 11.5. The molecule has 1 N–H and O–H groups in total. The topological polar surface area (TPSA) is 79.6 Å². The van der Waals surface area contributed by atoms with Crippen LogP contribution >= 0.6 is 24.0 Å². The Hall–Kier alpha value is -1.62. The highest BCUT2D eigenvalue weighted by atomic mass is 127. The highest BCUT2D eigenvalue weighted by Crippen LogP contribution is 2.20. The molecule has 1 aromatic heterocycles. The van der Waals surface area contributed by atoms with Gasteiger partial charge in [0.25, 0.3) is 0 Å². The van der Waals surface area contributed by atoms with E-state index in [2.05, 4.69) is 26.5 Å². The third-order valence-electron chi connectivity index (χ3n) is 5.13. The molecule has 1 atom stereocenters. The molecule has 1 aliphatic heterocycles. The lowest BCUT2D eigenvalue weighted by Gasteiger charge is -2.21. The van der Waals surface area contributed by atoms with E-state index in [-0.39, 0.29) is 24.0 Å². The largest absolute Gasteiger partial charge is 0.356 e. The second-order valence-corrected chi connectivity index (χ2v) is 9.48. The number of aliphatic imine (C=N–C) groups is 1. The Morgan fingerprint density at radius 1 is 1.28 bits per heavy atom. The molecule has 0 amide bonds. The molecular formula is C20H30IN5O2S. The van der Waals surface area contributed by atoms with Gasteiger partial charge in [-0.2, -0.15) is 5.10 Å². The molecule has 1 aliphatic rings. The normalized spacial score (nSPS) is 17.3. The van der Waals surface area contributed by atoms with Gasteiger partial charge in [-0.3, -0.25) is 9.67 Å². The van der Waals surface area contributed by atoms with Crippen LogP contribution in [0, 0.1) is 5.92 Å². The van der Waals surface area contributed by atoms with Crippen LogP contribution in [0.25, 0.3) is 0 Å². The molecule has 1 unspecified atom stereocenters. The van der Waals surface area contributed by atoms with E-state index in [1.165, 1.54) is 11.8 Å². The third-order valence-corrected chi connectivity index (χ3v) is 6.26. The maximum atomic E-state index is 11.5. The number of guanidine groups is 1. The molecule has 0 aliphatic carbocycles. The smallest absolute Gasteiger partial charge is 0.193 e. The molecular weight excluding hydrogens is 501 g/mol. The lowest BCUT2D eigenvalue weighted by Crippen LogP contribution is -2.41. The minimum atomic E-state index is -3.14. The van der Waals surface area contributed by atoms with Gasteiger partial charge in [-0.05, 0) is 48.4 Å². The van der Waals surface area contributed by atoms with E-state index in [4.69, 9.17) is 0 Å². The van der Waals surface area contributed by atoms with Crippen LogP contribution in [0.3, 0.4) is 0 Å². The number of sulfone groups is 1. The van der Waals surface area contributed by atoms with Crippen molar-refractivity contribution in [1.29, 1.82) is 0 Å². The van der Waals surface area contributed by atoms with Gasteiger partial charge in [-0.25, -0.2) is 8.42 Å². The van der Waals surface area contributed by atoms with E-state index < -0.39 is 9.84 Å². The minimum Gasteiger partial charge on any atom is -0.356 e. The van der Waals surface area contributed by atoms with Crippen LogP contribution in [0.4, 0.5) is 0 Å². The first-order chi connectivity index (χ1) is 13.3. The summed E-state index contributed by atoms with van der Waals surface area (Å²) >= 11 is 0. The number of aryl methyl sites for hydroxylation is 1. The lowest BCUT2D eigenvalue weighted by molar-refractivity contribution is 0.460. The molecule has 1 aromatic carbocycles. The summed E-state index contributed by atoms with van der Waals surface area (Å²) in [5.41, 5.74) is 2.39. The number of nitrogens with zero attached hydrogens (tertiary/aromatic N) is 4. The van der Waals surface area contributed by atoms with Gasteiger partial charge in [0, 0.05) is 46.2 Å². The summed E-state index contributed by atoms with van der Waals surface area (Å²) in [6.45, 7) is 2.76. The van der Waals surface area contributed by atoms with Crippen molar-refractivity contribution < 1.29 is 8.42 Å². The van der Waals surface area contributed by atoms with Crippen molar-refractivity contribution in [3.8, 4) is 0 Å². The third kappa shape index (κ3) is 6.70. The predicted octanol–water partition coefficient (Wildman–Crippen LogP) is 2.12. The summed E-state index contributed by atoms with van der Waals surface area (Å²) < 4.78 is 24.9. The van der Waals surface area contributed by atoms with Crippen LogP contribution in [0.2, 0.25) is 0 Å². The van der Waals surface area contributed by atoms with Crippen molar-refractivity contribution in [3.63, 3.8) is 0 Å². The molecule has 0 radical (unpaired) electrons. The molecule has 9 heteroatoms. The molecule has 7 nitrogen and oxygen atoms in total. The fourth-order valence-electron chi connectivity index (χ4n) is 3.66. The van der Waals surface area contributed by atoms with Gasteiger partial charge in [0.15, 0.2) is 15.8 Å². The SMILES string of the molecule is CN=C(NCCc1ccc(S(C)(=O)=O)cc1)N1CCC(Cc2cnn(C)c2)C1.I. The first-order valence-electron chi connectivity index (χ1n) is 9.57. The van der Waals surface area contributed by atoms with Crippen molar-refractivity contribution in [2.24, 2.45) is 18.0 Å². The quantitative estimate of drug-likeness (QED) is 0.351. The number of likely N-dealkylation sites (tertiary alicyclic amines) is 1. The van der Waals surface area contributed by atoms with Crippen molar-refractivity contribution in [3.05, 3.63) is 47.8 Å². The molecule has 1 fully saturated rings. The maximum Gasteiger partial charge on any atom is 0.193 e. The van der Waals surface area contributed by atoms with E-state index >= 15 is 0 Å². The van der Waals surface area contributed by atoms with Gasteiger partial charge in [0.05, 0.1) is 11.1 Å². The summed E-state index contributed by atoms with van der Waals surface area (Å²) in [5.74, 6) is 1.55. The Balaban J connectivity index is 0.00000300. The van der Waals surface area contributed by atoms with Crippen LogP contribution in [0.15, 0.2) is 46.5 Å². The molecule has 2 aromatic rings. The number of nitrogens with one attached hydrogen (secondary N) is 1. The van der Waals surface area contributed by atoms with Crippen molar-refractivity contribution >= 4 is 39.8 Å². The first kappa shape index (κ1) is 23.7. The Kier molecular flexibility index (Phi) is 8.50. The number of hydrogen-bond donors (Lipinski definition) is 1. The van der Waals surface area contributed by atoms with Crippen molar-refractivity contribution in [2.75, 3.05) is 32.9 Å². The highest BCUT2D eigenvalue weighted by Gasteiger charge is 2.25. The Labute approximate surface area is 190 Å². The van der Waals surface area contributed by atoms with E-state index in [1.807, 2.05) is 37.1 Å². The fraction of sp³-hybridized carbons (Fsp3) is 0.500. The zero-order valence-corrected chi connectivity index (χ0v) is 20.4. The summed E-state index contributed by atoms with van der Waals surface area (Å²) in [4.78, 5) is 7.10. The monoisotopic (exact) mass is 531 g/mol. The molecule has 0 saturated carbocycles. The van der Waals surface area contributed by atoms with Crippen molar-refractivity contribution in [1.82, 2.24) is 20.0 Å². The van der Waals surface area contributed by atoms with Crippen LogP contribution in [-0.4, -0.2) is 62.0 Å². The van der Waals surface area contributed by atoms with E-state index in [9.17, 15) is 8.42 Å². The molecule has 1 saturated heterocycles. The average Bonchev–Trinajstić information content (AvgIpc) is 3.28. The summed E-state index contributed by atoms with van der Waals surface area (Å²) in [6, 6.07) is 7.09. The van der Waals surface area contributed by atoms with Gasteiger partial charge in [0.1, 0.15) is 0 Å². The van der Waals surface area contributed by atoms with Crippen LogP contribution in [-0.2, 0) is 29.7 Å². The number of aromatic nitrogens is 2. The molecule has 160 valence electrons. The molecule has 2 heterocycles. The summed E-state index contributed by atoms with van der Waals surface area (Å²) in [6.07, 6.45) is 8.29. The molecule has 29 heavy (non-hydrogen) atoms. The highest BCUT2D eigenvalue weighted by molar-refractivity contribution is 14.0. The fourth-order valence-corrected chi connectivity index (χ4v) is 4.29.